The summed E-state index contributed by atoms with van der Waals surface area (Å²) < 4.78 is 16.5. The Morgan fingerprint density at radius 3 is 1.35 bits per heavy atom. The van der Waals surface area contributed by atoms with Crippen LogP contribution in [0.4, 0.5) is 0 Å². The molecule has 2 radical (unpaired) electrons. The van der Waals surface area contributed by atoms with Gasteiger partial charge in [0.25, 0.3) is 0 Å². The zero-order valence-electron chi connectivity index (χ0n) is 29.1. The summed E-state index contributed by atoms with van der Waals surface area (Å²) in [5.41, 5.74) is 1.62. The lowest BCUT2D eigenvalue weighted by atomic mass is 9.84. The van der Waals surface area contributed by atoms with E-state index in [9.17, 15) is 24.3 Å². The van der Waals surface area contributed by atoms with E-state index in [0.29, 0.717) is 39.8 Å². The number of ether oxygens (including phenoxy) is 3. The monoisotopic (exact) mass is 738 g/mol. The Labute approximate surface area is 312 Å². The molecule has 0 aliphatic heterocycles. The van der Waals surface area contributed by atoms with Crippen LogP contribution in [0.5, 0.6) is 5.75 Å². The van der Waals surface area contributed by atoms with Gasteiger partial charge in [-0.1, -0.05) is 87.3 Å². The molecule has 10 heteroatoms. The molecule has 0 bridgehead atoms. The molecule has 5 rings (SSSR count). The molecule has 0 aromatic heterocycles. The first kappa shape index (κ1) is 38.1. The molecule has 52 heavy (non-hydrogen) atoms. The summed E-state index contributed by atoms with van der Waals surface area (Å²) in [5, 5.41) is 13.7. The summed E-state index contributed by atoms with van der Waals surface area (Å²) in [6.07, 6.45) is 1.03. The van der Waals surface area contributed by atoms with Gasteiger partial charge in [0, 0.05) is 21.6 Å². The van der Waals surface area contributed by atoms with Crippen LogP contribution in [-0.2, 0) is 27.4 Å². The molecule has 0 aliphatic rings. The van der Waals surface area contributed by atoms with E-state index < -0.39 is 34.7 Å². The Kier molecular flexibility index (Phi) is 11.7. The fourth-order valence-corrected chi connectivity index (χ4v) is 6.20. The van der Waals surface area contributed by atoms with Crippen molar-refractivity contribution in [3.63, 3.8) is 0 Å². The Morgan fingerprint density at radius 2 is 0.942 bits per heavy atom. The highest BCUT2D eigenvalue weighted by molar-refractivity contribution is 6.40. The van der Waals surface area contributed by atoms with Gasteiger partial charge < -0.3 is 14.2 Å². The number of halogens is 2. The van der Waals surface area contributed by atoms with Gasteiger partial charge in [0.05, 0.1) is 45.5 Å². The fourth-order valence-electron chi connectivity index (χ4n) is 5.61. The van der Waals surface area contributed by atoms with E-state index in [-0.39, 0.29) is 24.3 Å². The standard InChI is InChI=1S/C42H36Cl2O8/c1-41(2,24-50-38(47)27-12-10-26(11-13-27)37(45)46)22-30-18-20-34-33(35(30)43)21-19-31(36(34)44)23-42(3,4)25-51-39(48)28-14-16-29(17-15-28)40(49)52-32-8-6-5-7-9-32/h6-21H,22-25H2,1-4H3. The van der Waals surface area contributed by atoms with Crippen LogP contribution in [0.25, 0.3) is 10.8 Å². The van der Waals surface area contributed by atoms with Gasteiger partial charge in [-0.3, -0.25) is 0 Å². The maximum absolute atomic E-state index is 12.9. The second-order valence-corrected chi connectivity index (χ2v) is 14.8. The Hall–Kier alpha value is -5.18. The Bertz CT molecular complexity index is 2110. The summed E-state index contributed by atoms with van der Waals surface area (Å²) in [6, 6.07) is 28.6. The molecule has 0 heterocycles. The predicted molar refractivity (Wildman–Crippen MR) is 198 cm³/mol. The van der Waals surface area contributed by atoms with Crippen molar-refractivity contribution in [2.75, 3.05) is 13.2 Å². The lowest BCUT2D eigenvalue weighted by Crippen LogP contribution is -2.25. The number of esters is 3. The first-order valence-corrected chi connectivity index (χ1v) is 17.2. The number of carbonyl (C=O) groups excluding carboxylic acids is 4. The SMILES string of the molecule is CC(C)(COC(=O)c1ccc(C([O])=O)cc1)Cc1ccc2c(Cl)c(CC(C)(C)COC(=O)c3ccc(C(=O)Oc4cc[c]cc4)cc3)ccc2c1Cl. The minimum absolute atomic E-state index is 0.0236. The molecule has 0 aliphatic carbocycles. The van der Waals surface area contributed by atoms with Crippen molar-refractivity contribution in [1.82, 2.24) is 0 Å². The first-order valence-electron chi connectivity index (χ1n) is 16.4. The van der Waals surface area contributed by atoms with Gasteiger partial charge >= 0.3 is 23.9 Å². The maximum Gasteiger partial charge on any atom is 0.386 e. The van der Waals surface area contributed by atoms with Crippen molar-refractivity contribution in [3.05, 3.63) is 147 Å². The van der Waals surface area contributed by atoms with Crippen LogP contribution in [-0.4, -0.2) is 37.1 Å². The minimum atomic E-state index is -1.32. The Morgan fingerprint density at radius 1 is 0.558 bits per heavy atom. The summed E-state index contributed by atoms with van der Waals surface area (Å²) in [4.78, 5) is 48.9. The van der Waals surface area contributed by atoms with Crippen LogP contribution in [0.15, 0.2) is 97.1 Å². The first-order chi connectivity index (χ1) is 24.6. The summed E-state index contributed by atoms with van der Waals surface area (Å²) in [7, 11) is 0. The number of benzene rings is 5. The summed E-state index contributed by atoms with van der Waals surface area (Å²) in [5.74, 6) is -2.53. The lowest BCUT2D eigenvalue weighted by molar-refractivity contribution is 0.0335. The van der Waals surface area contributed by atoms with E-state index in [4.69, 9.17) is 37.4 Å². The molecule has 5 aromatic rings. The van der Waals surface area contributed by atoms with Crippen molar-refractivity contribution >= 4 is 57.9 Å². The van der Waals surface area contributed by atoms with Gasteiger partial charge in [-0.2, -0.15) is 0 Å². The maximum atomic E-state index is 12.9. The Balaban J connectivity index is 1.18. The van der Waals surface area contributed by atoms with Crippen molar-refractivity contribution in [1.29, 1.82) is 0 Å². The molecule has 266 valence electrons. The molecular weight excluding hydrogens is 703 g/mol. The van der Waals surface area contributed by atoms with E-state index >= 15 is 0 Å². The molecule has 0 fully saturated rings. The molecule has 0 atom stereocenters. The van der Waals surface area contributed by atoms with Gasteiger partial charge in [-0.05, 0) is 90.7 Å². The van der Waals surface area contributed by atoms with Crippen molar-refractivity contribution in [2.24, 2.45) is 10.8 Å². The van der Waals surface area contributed by atoms with Crippen LogP contribution in [0.2, 0.25) is 10.0 Å². The zero-order valence-corrected chi connectivity index (χ0v) is 30.6. The summed E-state index contributed by atoms with van der Waals surface area (Å²) >= 11 is 13.8. The zero-order chi connectivity index (χ0) is 37.6. The average Bonchev–Trinajstić information content (AvgIpc) is 3.12. The molecule has 5 aromatic carbocycles. The van der Waals surface area contributed by atoms with E-state index in [1.807, 2.05) is 52.0 Å². The second-order valence-electron chi connectivity index (χ2n) is 14.1. The molecular formula is C42H36Cl2O8. The number of fused-ring (bicyclic) bond motifs is 1. The van der Waals surface area contributed by atoms with Crippen LogP contribution >= 0.6 is 23.2 Å². The van der Waals surface area contributed by atoms with E-state index in [1.165, 1.54) is 48.5 Å². The molecule has 8 nitrogen and oxygen atoms in total. The molecule has 0 amide bonds. The van der Waals surface area contributed by atoms with E-state index in [2.05, 4.69) is 6.07 Å². The smallest absolute Gasteiger partial charge is 0.386 e. The van der Waals surface area contributed by atoms with Gasteiger partial charge in [0.15, 0.2) is 0 Å². The third-order valence-corrected chi connectivity index (χ3v) is 9.26. The van der Waals surface area contributed by atoms with Crippen molar-refractivity contribution in [2.45, 2.75) is 40.5 Å². The van der Waals surface area contributed by atoms with Gasteiger partial charge in [0.1, 0.15) is 5.75 Å². The minimum Gasteiger partial charge on any atom is -0.462 e. The van der Waals surface area contributed by atoms with Gasteiger partial charge in [-0.15, -0.1) is 0 Å². The molecule has 0 unspecified atom stereocenters. The highest BCUT2D eigenvalue weighted by Gasteiger charge is 2.26. The van der Waals surface area contributed by atoms with Crippen LogP contribution < -0.4 is 4.74 Å². The quantitative estimate of drug-likeness (QED) is 0.0873. The van der Waals surface area contributed by atoms with Crippen molar-refractivity contribution in [3.8, 4) is 5.75 Å². The predicted octanol–water partition coefficient (Wildman–Crippen LogP) is 9.59. The highest BCUT2D eigenvalue weighted by Crippen LogP contribution is 2.38. The normalized spacial score (nSPS) is 11.6. The number of carbonyl (C=O) groups is 4. The third kappa shape index (κ3) is 9.57. The third-order valence-electron chi connectivity index (χ3n) is 8.37. The van der Waals surface area contributed by atoms with Crippen LogP contribution in [0.1, 0.15) is 80.3 Å². The number of rotatable bonds is 13. The van der Waals surface area contributed by atoms with Crippen molar-refractivity contribution < 1.29 is 38.5 Å². The fraction of sp³-hybridized carbons (Fsp3) is 0.238. The number of hydrogen-bond acceptors (Lipinski definition) is 7. The average molecular weight is 740 g/mol. The topological polar surface area (TPSA) is 116 Å². The second kappa shape index (κ2) is 16.0. The number of hydrogen-bond donors (Lipinski definition) is 0. The lowest BCUT2D eigenvalue weighted by Gasteiger charge is -2.26. The van der Waals surface area contributed by atoms with Gasteiger partial charge in [-0.25, -0.2) is 24.3 Å². The largest absolute Gasteiger partial charge is 0.462 e. The summed E-state index contributed by atoms with van der Waals surface area (Å²) in [6.45, 7) is 8.11. The van der Waals surface area contributed by atoms with Gasteiger partial charge in [0.2, 0.25) is 0 Å². The molecule has 0 N–H and O–H groups in total. The van der Waals surface area contributed by atoms with Crippen LogP contribution in [0, 0.1) is 16.9 Å². The van der Waals surface area contributed by atoms with Crippen LogP contribution in [0.3, 0.4) is 0 Å². The molecule has 0 spiro atoms. The van der Waals surface area contributed by atoms with E-state index in [0.717, 1.165) is 21.9 Å². The highest BCUT2D eigenvalue weighted by atomic mass is 35.5. The molecule has 0 saturated heterocycles. The molecule has 0 saturated carbocycles. The van der Waals surface area contributed by atoms with E-state index in [1.54, 1.807) is 24.3 Å².